The minimum atomic E-state index is -0.367. The molecule has 0 saturated carbocycles. The molecule has 0 bridgehead atoms. The Labute approximate surface area is 107 Å². The highest BCUT2D eigenvalue weighted by atomic mass is 79.9. The Balaban J connectivity index is 2.21. The van der Waals surface area contributed by atoms with Crippen LogP contribution in [0, 0.1) is 0 Å². The van der Waals surface area contributed by atoms with Gasteiger partial charge in [-0.3, -0.25) is 0 Å². The van der Waals surface area contributed by atoms with Crippen molar-refractivity contribution in [3.8, 4) is 5.82 Å². The summed E-state index contributed by atoms with van der Waals surface area (Å²) in [6, 6.07) is 3.38. The Bertz CT molecular complexity index is 522. The highest BCUT2D eigenvalue weighted by molar-refractivity contribution is 9.10. The first-order valence-electron chi connectivity index (χ1n) is 5.04. The van der Waals surface area contributed by atoms with Crippen molar-refractivity contribution < 1.29 is 9.53 Å². The number of aromatic nitrogens is 3. The van der Waals surface area contributed by atoms with Crippen molar-refractivity contribution in [2.45, 2.75) is 6.92 Å². The minimum Gasteiger partial charge on any atom is -0.462 e. The topological polar surface area (TPSA) is 57.0 Å². The van der Waals surface area contributed by atoms with E-state index in [1.54, 1.807) is 36.1 Å². The predicted octanol–water partition coefficient (Wildman–Crippen LogP) is 2.21. The molecule has 0 spiro atoms. The van der Waals surface area contributed by atoms with Crippen LogP contribution in [0.4, 0.5) is 0 Å². The van der Waals surface area contributed by atoms with Crippen LogP contribution >= 0.6 is 15.9 Å². The highest BCUT2D eigenvalue weighted by Crippen LogP contribution is 2.11. The van der Waals surface area contributed by atoms with E-state index in [2.05, 4.69) is 26.0 Å². The summed E-state index contributed by atoms with van der Waals surface area (Å²) in [7, 11) is 0. The molecule has 0 aliphatic rings. The highest BCUT2D eigenvalue weighted by Gasteiger charge is 2.07. The summed E-state index contributed by atoms with van der Waals surface area (Å²) in [5, 5.41) is 4.09. The first-order valence-corrected chi connectivity index (χ1v) is 5.83. The molecular formula is C11H10BrN3O2. The van der Waals surface area contributed by atoms with Crippen molar-refractivity contribution in [3.63, 3.8) is 0 Å². The second-order valence-electron chi connectivity index (χ2n) is 3.23. The number of pyridine rings is 1. The number of carbonyl (C=O) groups is 1. The first-order chi connectivity index (χ1) is 8.20. The molecule has 0 unspecified atom stereocenters. The number of ether oxygens (including phenoxy) is 1. The molecule has 2 heterocycles. The Hall–Kier alpha value is -1.69. The van der Waals surface area contributed by atoms with E-state index in [9.17, 15) is 4.79 Å². The van der Waals surface area contributed by atoms with Crippen molar-refractivity contribution in [3.05, 3.63) is 40.8 Å². The van der Waals surface area contributed by atoms with Gasteiger partial charge in [0.15, 0.2) is 5.82 Å². The molecule has 2 rings (SSSR count). The number of carbonyl (C=O) groups excluding carboxylic acids is 1. The second kappa shape index (κ2) is 5.09. The molecule has 88 valence electrons. The molecule has 0 atom stereocenters. The fourth-order valence-corrected chi connectivity index (χ4v) is 1.57. The van der Waals surface area contributed by atoms with Gasteiger partial charge in [0.2, 0.25) is 0 Å². The zero-order valence-corrected chi connectivity index (χ0v) is 10.7. The average Bonchev–Trinajstić information content (AvgIpc) is 2.76. The third-order valence-electron chi connectivity index (χ3n) is 2.04. The van der Waals surface area contributed by atoms with Crippen LogP contribution in [0.3, 0.4) is 0 Å². The molecule has 17 heavy (non-hydrogen) atoms. The maximum atomic E-state index is 11.4. The lowest BCUT2D eigenvalue weighted by molar-refractivity contribution is 0.0526. The molecule has 0 N–H and O–H groups in total. The van der Waals surface area contributed by atoms with Crippen LogP contribution in [0.5, 0.6) is 0 Å². The van der Waals surface area contributed by atoms with Gasteiger partial charge in [0.05, 0.1) is 22.8 Å². The van der Waals surface area contributed by atoms with Crippen LogP contribution in [0.15, 0.2) is 35.2 Å². The summed E-state index contributed by atoms with van der Waals surface area (Å²) in [4.78, 5) is 15.5. The van der Waals surface area contributed by atoms with E-state index in [4.69, 9.17) is 4.74 Å². The van der Waals surface area contributed by atoms with Gasteiger partial charge in [0.1, 0.15) is 0 Å². The molecule has 0 aromatic carbocycles. The normalized spacial score (nSPS) is 10.2. The summed E-state index contributed by atoms with van der Waals surface area (Å²) >= 11 is 3.30. The third kappa shape index (κ3) is 2.71. The molecule has 0 amide bonds. The Morgan fingerprint density at radius 2 is 2.29 bits per heavy atom. The minimum absolute atomic E-state index is 0.354. The molecular weight excluding hydrogens is 286 g/mol. The van der Waals surface area contributed by atoms with Crippen molar-refractivity contribution in [2.24, 2.45) is 0 Å². The van der Waals surface area contributed by atoms with Gasteiger partial charge in [-0.1, -0.05) is 0 Å². The van der Waals surface area contributed by atoms with E-state index in [1.165, 1.54) is 6.20 Å². The maximum absolute atomic E-state index is 11.4. The van der Waals surface area contributed by atoms with Gasteiger partial charge < -0.3 is 4.74 Å². The Kier molecular flexibility index (Phi) is 3.53. The van der Waals surface area contributed by atoms with Crippen molar-refractivity contribution in [1.82, 2.24) is 14.8 Å². The molecule has 2 aromatic heterocycles. The quantitative estimate of drug-likeness (QED) is 0.815. The fraction of sp³-hybridized carbons (Fsp3) is 0.182. The van der Waals surface area contributed by atoms with Crippen LogP contribution < -0.4 is 0 Å². The summed E-state index contributed by atoms with van der Waals surface area (Å²) in [5.74, 6) is 0.275. The van der Waals surface area contributed by atoms with Gasteiger partial charge in [0.25, 0.3) is 0 Å². The van der Waals surface area contributed by atoms with Crippen LogP contribution in [0.1, 0.15) is 17.3 Å². The van der Waals surface area contributed by atoms with E-state index in [0.29, 0.717) is 18.0 Å². The maximum Gasteiger partial charge on any atom is 0.339 e. The van der Waals surface area contributed by atoms with Crippen LogP contribution in [0.2, 0.25) is 0 Å². The fourth-order valence-electron chi connectivity index (χ4n) is 1.28. The average molecular weight is 296 g/mol. The summed E-state index contributed by atoms with van der Waals surface area (Å²) in [6.45, 7) is 2.12. The number of rotatable bonds is 3. The van der Waals surface area contributed by atoms with E-state index < -0.39 is 0 Å². The van der Waals surface area contributed by atoms with Gasteiger partial charge in [-0.2, -0.15) is 5.10 Å². The van der Waals surface area contributed by atoms with E-state index in [0.717, 1.165) is 4.47 Å². The Morgan fingerprint density at radius 1 is 1.47 bits per heavy atom. The first kappa shape index (κ1) is 11.8. The molecule has 0 radical (unpaired) electrons. The van der Waals surface area contributed by atoms with Crippen LogP contribution in [-0.2, 0) is 4.74 Å². The van der Waals surface area contributed by atoms with Gasteiger partial charge in [0, 0.05) is 12.4 Å². The number of hydrogen-bond donors (Lipinski definition) is 0. The summed E-state index contributed by atoms with van der Waals surface area (Å²) in [6.07, 6.45) is 4.93. The monoisotopic (exact) mass is 295 g/mol. The van der Waals surface area contributed by atoms with Crippen LogP contribution in [-0.4, -0.2) is 27.3 Å². The molecule has 6 heteroatoms. The zero-order chi connectivity index (χ0) is 12.3. The van der Waals surface area contributed by atoms with Crippen molar-refractivity contribution in [2.75, 3.05) is 6.61 Å². The predicted molar refractivity (Wildman–Crippen MR) is 65.0 cm³/mol. The van der Waals surface area contributed by atoms with Gasteiger partial charge in [-0.05, 0) is 35.0 Å². The number of nitrogens with zero attached hydrogens (tertiary/aromatic N) is 3. The Morgan fingerprint density at radius 3 is 2.82 bits per heavy atom. The number of hydrogen-bond acceptors (Lipinski definition) is 4. The van der Waals surface area contributed by atoms with E-state index >= 15 is 0 Å². The summed E-state index contributed by atoms with van der Waals surface area (Å²) < 4.78 is 7.35. The largest absolute Gasteiger partial charge is 0.462 e. The molecule has 0 aliphatic heterocycles. The lowest BCUT2D eigenvalue weighted by Gasteiger charge is -2.03. The second-order valence-corrected chi connectivity index (χ2v) is 4.14. The molecule has 0 aliphatic carbocycles. The lowest BCUT2D eigenvalue weighted by atomic mass is 10.3. The summed E-state index contributed by atoms with van der Waals surface area (Å²) in [5.41, 5.74) is 0.432. The van der Waals surface area contributed by atoms with E-state index in [1.807, 2.05) is 0 Å². The van der Waals surface area contributed by atoms with Crippen LogP contribution in [0.25, 0.3) is 5.82 Å². The van der Waals surface area contributed by atoms with Crippen molar-refractivity contribution >= 4 is 21.9 Å². The van der Waals surface area contributed by atoms with Gasteiger partial charge >= 0.3 is 5.97 Å². The third-order valence-corrected chi connectivity index (χ3v) is 2.45. The smallest absolute Gasteiger partial charge is 0.339 e. The van der Waals surface area contributed by atoms with Crippen molar-refractivity contribution in [1.29, 1.82) is 0 Å². The number of halogens is 1. The molecule has 0 saturated heterocycles. The zero-order valence-electron chi connectivity index (χ0n) is 9.13. The molecule has 5 nitrogen and oxygen atoms in total. The SMILES string of the molecule is CCOC(=O)c1ccc(-n2cc(Br)cn2)nc1. The number of esters is 1. The van der Waals surface area contributed by atoms with Gasteiger partial charge in [-0.25, -0.2) is 14.5 Å². The van der Waals surface area contributed by atoms with E-state index in [-0.39, 0.29) is 5.97 Å². The lowest BCUT2D eigenvalue weighted by Crippen LogP contribution is -2.06. The standard InChI is InChI=1S/C11H10BrN3O2/c1-2-17-11(16)8-3-4-10(13-5-8)15-7-9(12)6-14-15/h3-7H,2H2,1H3. The van der Waals surface area contributed by atoms with Gasteiger partial charge in [-0.15, -0.1) is 0 Å². The molecule has 2 aromatic rings. The molecule has 0 fully saturated rings.